The Kier molecular flexibility index (Phi) is 7.32. The minimum atomic E-state index is 0.375. The molecule has 5 nitrogen and oxygen atoms in total. The van der Waals surface area contributed by atoms with Crippen LogP contribution in [0.2, 0.25) is 5.15 Å². The third-order valence-electron chi connectivity index (χ3n) is 3.59. The number of hydrogen-bond donors (Lipinski definition) is 0. The maximum Gasteiger partial charge on any atom is 0.292 e. The van der Waals surface area contributed by atoms with Crippen molar-refractivity contribution < 1.29 is 9.53 Å². The number of ether oxygens (including phenoxy) is 1. The predicted molar refractivity (Wildman–Crippen MR) is 89.1 cm³/mol. The quantitative estimate of drug-likeness (QED) is 0.614. The molecule has 0 aliphatic heterocycles. The van der Waals surface area contributed by atoms with Crippen LogP contribution in [0.5, 0.6) is 0 Å². The lowest BCUT2D eigenvalue weighted by molar-refractivity contribution is -0.126. The molecule has 0 radical (unpaired) electrons. The highest BCUT2D eigenvalue weighted by atomic mass is 35.5. The van der Waals surface area contributed by atoms with Crippen LogP contribution in [0.25, 0.3) is 11.0 Å². The summed E-state index contributed by atoms with van der Waals surface area (Å²) in [6, 6.07) is 0.595. The molecular weight excluding hydrogens is 302 g/mol. The van der Waals surface area contributed by atoms with Gasteiger partial charge in [-0.15, -0.1) is 0 Å². The molecule has 1 saturated carbocycles. The first-order valence-electron chi connectivity index (χ1n) is 7.52. The summed E-state index contributed by atoms with van der Waals surface area (Å²) in [5, 5.41) is 1.57. The van der Waals surface area contributed by atoms with Crippen LogP contribution in [0.15, 0.2) is 12.5 Å². The van der Waals surface area contributed by atoms with Crippen molar-refractivity contribution in [3.05, 3.63) is 23.2 Å². The highest BCUT2D eigenvalue weighted by Gasteiger charge is 2.28. The number of nitrogens with zero attached hydrogens (tertiary/aromatic N) is 3. The number of carbonyl (C=O) groups is 1. The van der Waals surface area contributed by atoms with E-state index in [-0.39, 0.29) is 0 Å². The van der Waals surface area contributed by atoms with Gasteiger partial charge in [-0.1, -0.05) is 32.4 Å². The Hall–Kier alpha value is -1.62. The van der Waals surface area contributed by atoms with Crippen molar-refractivity contribution in [3.63, 3.8) is 0 Å². The number of methoxy groups -OCH3 is 1. The highest BCUT2D eigenvalue weighted by molar-refractivity contribution is 6.34. The number of halogens is 1. The van der Waals surface area contributed by atoms with E-state index in [4.69, 9.17) is 16.4 Å². The number of fused-ring (bicyclic) bond motifs is 1. The van der Waals surface area contributed by atoms with Crippen LogP contribution in [0.4, 0.5) is 0 Å². The lowest BCUT2D eigenvalue weighted by atomic mass is 9.82. The Morgan fingerprint density at radius 1 is 1.36 bits per heavy atom. The van der Waals surface area contributed by atoms with Gasteiger partial charge >= 0.3 is 0 Å². The second kappa shape index (κ2) is 8.73. The van der Waals surface area contributed by atoms with Crippen molar-refractivity contribution in [1.82, 2.24) is 14.5 Å². The van der Waals surface area contributed by atoms with Gasteiger partial charge in [0.1, 0.15) is 17.1 Å². The third kappa shape index (κ3) is 3.97. The Morgan fingerprint density at radius 3 is 2.45 bits per heavy atom. The van der Waals surface area contributed by atoms with E-state index in [1.165, 1.54) is 25.5 Å². The van der Waals surface area contributed by atoms with Crippen molar-refractivity contribution in [1.29, 1.82) is 0 Å². The zero-order valence-corrected chi connectivity index (χ0v) is 14.6. The first-order valence-corrected chi connectivity index (χ1v) is 7.90. The molecule has 22 heavy (non-hydrogen) atoms. The Labute approximate surface area is 136 Å². The van der Waals surface area contributed by atoms with E-state index in [0.29, 0.717) is 17.7 Å². The number of aryl methyl sites for hydroxylation is 1. The van der Waals surface area contributed by atoms with Gasteiger partial charge in [0.15, 0.2) is 0 Å². The molecule has 1 fully saturated rings. The smallest absolute Gasteiger partial charge is 0.292 e. The molecule has 0 spiro atoms. The van der Waals surface area contributed by atoms with Gasteiger partial charge in [0.05, 0.1) is 12.5 Å². The minimum Gasteiger partial charge on any atom is -0.471 e. The number of carbonyl (C=O) groups excluding carboxylic acids is 1. The predicted octanol–water partition coefficient (Wildman–Crippen LogP) is 4.18. The third-order valence-corrected chi connectivity index (χ3v) is 3.88. The maximum atomic E-state index is 8.95. The van der Waals surface area contributed by atoms with Crippen molar-refractivity contribution in [2.75, 3.05) is 7.11 Å². The standard InChI is InChI=1S/C12H14ClN3.C2H4O2.C2H6/c1-7-3-9(4-7)16-5-8(2)10-11(13)14-6-15-12(10)16;1-4-2-3;1-2/h5-7,9H,3-4H2,1-2H3;2H,1H3;1-2H3. The average molecular weight is 326 g/mol. The molecule has 2 heterocycles. The zero-order valence-electron chi connectivity index (χ0n) is 13.8. The molecule has 2 aromatic rings. The molecule has 0 N–H and O–H groups in total. The van der Waals surface area contributed by atoms with Gasteiger partial charge in [-0.3, -0.25) is 4.79 Å². The van der Waals surface area contributed by atoms with Gasteiger partial charge in [0.2, 0.25) is 0 Å². The number of rotatable bonds is 2. The molecule has 2 aromatic heterocycles. The summed E-state index contributed by atoms with van der Waals surface area (Å²) in [4.78, 5) is 17.4. The van der Waals surface area contributed by atoms with Crippen LogP contribution in [-0.2, 0) is 9.53 Å². The summed E-state index contributed by atoms with van der Waals surface area (Å²) in [6.45, 7) is 8.73. The molecule has 0 bridgehead atoms. The fourth-order valence-corrected chi connectivity index (χ4v) is 2.87. The lowest BCUT2D eigenvalue weighted by Crippen LogP contribution is -2.24. The summed E-state index contributed by atoms with van der Waals surface area (Å²) < 4.78 is 6.12. The topological polar surface area (TPSA) is 57.0 Å². The molecule has 6 heteroatoms. The Bertz CT molecular complexity index is 607. The monoisotopic (exact) mass is 325 g/mol. The van der Waals surface area contributed by atoms with Crippen LogP contribution in [0.3, 0.4) is 0 Å². The van der Waals surface area contributed by atoms with E-state index in [2.05, 4.69) is 39.3 Å². The van der Waals surface area contributed by atoms with Crippen LogP contribution >= 0.6 is 11.6 Å². The fourth-order valence-electron chi connectivity index (χ4n) is 2.59. The zero-order chi connectivity index (χ0) is 16.7. The van der Waals surface area contributed by atoms with Gasteiger partial charge < -0.3 is 9.30 Å². The molecule has 0 aromatic carbocycles. The molecule has 0 atom stereocenters. The molecule has 1 aliphatic rings. The van der Waals surface area contributed by atoms with Gasteiger partial charge in [-0.25, -0.2) is 9.97 Å². The average Bonchev–Trinajstić information content (AvgIpc) is 2.84. The SMILES string of the molecule is CC.COC=O.Cc1cn(C2CC(C)C2)c2ncnc(Cl)c12. The van der Waals surface area contributed by atoms with Crippen LogP contribution in [0.1, 0.15) is 45.2 Å². The summed E-state index contributed by atoms with van der Waals surface area (Å²) in [7, 11) is 1.31. The fraction of sp³-hybridized carbons (Fsp3) is 0.562. The molecule has 3 rings (SSSR count). The van der Waals surface area contributed by atoms with Crippen molar-refractivity contribution in [3.8, 4) is 0 Å². The van der Waals surface area contributed by atoms with E-state index >= 15 is 0 Å². The maximum absolute atomic E-state index is 8.95. The summed E-state index contributed by atoms with van der Waals surface area (Å²) in [6.07, 6.45) is 6.18. The number of hydrogen-bond acceptors (Lipinski definition) is 4. The summed E-state index contributed by atoms with van der Waals surface area (Å²) in [5.41, 5.74) is 2.15. The van der Waals surface area contributed by atoms with E-state index in [1.54, 1.807) is 6.33 Å². The molecule has 0 amide bonds. The summed E-state index contributed by atoms with van der Waals surface area (Å²) in [5.74, 6) is 0.833. The van der Waals surface area contributed by atoms with Gasteiger partial charge in [-0.2, -0.15) is 0 Å². The molecule has 122 valence electrons. The van der Waals surface area contributed by atoms with E-state index in [1.807, 2.05) is 13.8 Å². The Balaban J connectivity index is 0.000000354. The molecule has 0 saturated heterocycles. The van der Waals surface area contributed by atoms with Crippen LogP contribution < -0.4 is 0 Å². The van der Waals surface area contributed by atoms with Gasteiger partial charge in [0, 0.05) is 12.2 Å². The molecule has 1 aliphatic carbocycles. The number of aromatic nitrogens is 3. The molecular formula is C16H24ClN3O2. The summed E-state index contributed by atoms with van der Waals surface area (Å²) >= 11 is 6.11. The Morgan fingerprint density at radius 2 is 1.95 bits per heavy atom. The van der Waals surface area contributed by atoms with E-state index in [9.17, 15) is 0 Å². The van der Waals surface area contributed by atoms with Crippen molar-refractivity contribution in [2.45, 2.75) is 46.6 Å². The normalized spacial score (nSPS) is 19.2. The second-order valence-electron chi connectivity index (χ2n) is 5.14. The molecule has 0 unspecified atom stereocenters. The van der Waals surface area contributed by atoms with E-state index < -0.39 is 0 Å². The van der Waals surface area contributed by atoms with Crippen molar-refractivity contribution in [2.24, 2.45) is 5.92 Å². The van der Waals surface area contributed by atoms with E-state index in [0.717, 1.165) is 17.0 Å². The second-order valence-corrected chi connectivity index (χ2v) is 5.50. The largest absolute Gasteiger partial charge is 0.471 e. The van der Waals surface area contributed by atoms with Gasteiger partial charge in [0.25, 0.3) is 6.47 Å². The highest BCUT2D eigenvalue weighted by Crippen LogP contribution is 2.40. The van der Waals surface area contributed by atoms with Crippen LogP contribution in [0, 0.1) is 12.8 Å². The lowest BCUT2D eigenvalue weighted by Gasteiger charge is -2.34. The first-order chi connectivity index (χ1) is 10.6. The first kappa shape index (κ1) is 18.4. The van der Waals surface area contributed by atoms with Gasteiger partial charge in [-0.05, 0) is 31.2 Å². The van der Waals surface area contributed by atoms with Crippen molar-refractivity contribution >= 4 is 29.1 Å². The van der Waals surface area contributed by atoms with Crippen LogP contribution in [-0.4, -0.2) is 28.1 Å². The minimum absolute atomic E-state index is 0.375.